The normalized spacial score (nSPS) is 11.1. The first kappa shape index (κ1) is 16.5. The summed E-state index contributed by atoms with van der Waals surface area (Å²) in [5, 5.41) is 10.7. The molecule has 0 heterocycles. The van der Waals surface area contributed by atoms with Crippen molar-refractivity contribution in [3.05, 3.63) is 63.7 Å². The molecule has 2 rings (SSSR count). The predicted molar refractivity (Wildman–Crippen MR) is 74.9 cm³/mol. The van der Waals surface area contributed by atoms with Crippen molar-refractivity contribution in [2.45, 2.75) is 6.18 Å². The van der Waals surface area contributed by atoms with Crippen molar-refractivity contribution in [3.8, 4) is 11.1 Å². The summed E-state index contributed by atoms with van der Waals surface area (Å²) in [5.74, 6) is -0.573. The molecule has 0 amide bonds. The molecule has 0 aliphatic rings. The van der Waals surface area contributed by atoms with Crippen LogP contribution >= 0.6 is 0 Å². The lowest BCUT2D eigenvalue weighted by Gasteiger charge is -2.10. The molecule has 0 unspecified atom stereocenters. The van der Waals surface area contributed by atoms with Gasteiger partial charge in [-0.1, -0.05) is 12.1 Å². The number of nitro benzene ring substituents is 1. The van der Waals surface area contributed by atoms with Crippen molar-refractivity contribution < 1.29 is 27.6 Å². The molecular weight excluding hydrogens is 315 g/mol. The monoisotopic (exact) mass is 325 g/mol. The summed E-state index contributed by atoms with van der Waals surface area (Å²) in [4.78, 5) is 21.0. The second-order valence-corrected chi connectivity index (χ2v) is 4.56. The van der Waals surface area contributed by atoms with Gasteiger partial charge in [-0.3, -0.25) is 10.1 Å². The maximum absolute atomic E-state index is 13.0. The minimum absolute atomic E-state index is 0.152. The summed E-state index contributed by atoms with van der Waals surface area (Å²) in [6, 6.07) is 8.42. The van der Waals surface area contributed by atoms with E-state index in [2.05, 4.69) is 4.74 Å². The number of carbonyl (C=O) groups is 1. The zero-order chi connectivity index (χ0) is 17.2. The first-order valence-corrected chi connectivity index (χ1v) is 6.28. The van der Waals surface area contributed by atoms with Crippen molar-refractivity contribution in [1.82, 2.24) is 0 Å². The van der Waals surface area contributed by atoms with Gasteiger partial charge in [-0.2, -0.15) is 13.2 Å². The molecule has 0 spiro atoms. The Morgan fingerprint density at radius 1 is 1.09 bits per heavy atom. The summed E-state index contributed by atoms with van der Waals surface area (Å²) in [6.45, 7) is 0. The standard InChI is InChI=1S/C15H10F3NO4/c1-23-14(20)10-4-2-9(3-5-10)11-6-7-13(19(21)22)12(8-11)15(16,17)18/h2-8H,1H3. The first-order chi connectivity index (χ1) is 10.7. The number of methoxy groups -OCH3 is 1. The fourth-order valence-electron chi connectivity index (χ4n) is 2.02. The van der Waals surface area contributed by atoms with Gasteiger partial charge in [0.15, 0.2) is 0 Å². The Balaban J connectivity index is 2.48. The molecule has 0 N–H and O–H groups in total. The molecule has 8 heteroatoms. The van der Waals surface area contributed by atoms with Crippen LogP contribution in [0.15, 0.2) is 42.5 Å². The second kappa shape index (κ2) is 6.07. The second-order valence-electron chi connectivity index (χ2n) is 4.56. The van der Waals surface area contributed by atoms with Gasteiger partial charge in [0.05, 0.1) is 17.6 Å². The molecule has 0 aliphatic carbocycles. The van der Waals surface area contributed by atoms with Gasteiger partial charge in [0, 0.05) is 6.07 Å². The van der Waals surface area contributed by atoms with E-state index < -0.39 is 28.3 Å². The van der Waals surface area contributed by atoms with Crippen molar-refractivity contribution >= 4 is 11.7 Å². The summed E-state index contributed by atoms with van der Waals surface area (Å²) in [6.07, 6.45) is -4.84. The number of alkyl halides is 3. The lowest BCUT2D eigenvalue weighted by molar-refractivity contribution is -0.388. The molecule has 0 radical (unpaired) electrons. The van der Waals surface area contributed by atoms with E-state index in [1.165, 1.54) is 37.4 Å². The van der Waals surface area contributed by atoms with Gasteiger partial charge in [-0.05, 0) is 35.4 Å². The van der Waals surface area contributed by atoms with Crippen LogP contribution in [-0.2, 0) is 10.9 Å². The van der Waals surface area contributed by atoms with Gasteiger partial charge in [-0.15, -0.1) is 0 Å². The highest BCUT2D eigenvalue weighted by Crippen LogP contribution is 2.38. The largest absolute Gasteiger partial charge is 0.465 e. The van der Waals surface area contributed by atoms with Crippen LogP contribution in [0.3, 0.4) is 0 Å². The van der Waals surface area contributed by atoms with Crippen LogP contribution in [0.5, 0.6) is 0 Å². The number of carbonyl (C=O) groups excluding carboxylic acids is 1. The van der Waals surface area contributed by atoms with Crippen molar-refractivity contribution in [3.63, 3.8) is 0 Å². The average Bonchev–Trinajstić information content (AvgIpc) is 2.52. The third-order valence-electron chi connectivity index (χ3n) is 3.14. The summed E-state index contributed by atoms with van der Waals surface area (Å²) >= 11 is 0. The molecule has 0 bridgehead atoms. The predicted octanol–water partition coefficient (Wildman–Crippen LogP) is 4.07. The fourth-order valence-corrected chi connectivity index (χ4v) is 2.02. The van der Waals surface area contributed by atoms with E-state index >= 15 is 0 Å². The zero-order valence-electron chi connectivity index (χ0n) is 11.8. The Bertz CT molecular complexity index is 754. The van der Waals surface area contributed by atoms with Crippen LogP contribution in [0, 0.1) is 10.1 Å². The van der Waals surface area contributed by atoms with Crippen molar-refractivity contribution in [2.75, 3.05) is 7.11 Å². The van der Waals surface area contributed by atoms with E-state index in [9.17, 15) is 28.1 Å². The molecule has 23 heavy (non-hydrogen) atoms. The third kappa shape index (κ3) is 3.47. The SMILES string of the molecule is COC(=O)c1ccc(-c2ccc([N+](=O)[O-])c(C(F)(F)F)c2)cc1. The van der Waals surface area contributed by atoms with E-state index in [1.807, 2.05) is 0 Å². The van der Waals surface area contributed by atoms with Crippen LogP contribution in [0.25, 0.3) is 11.1 Å². The van der Waals surface area contributed by atoms with Crippen molar-refractivity contribution in [2.24, 2.45) is 0 Å². The molecule has 0 fully saturated rings. The van der Waals surface area contributed by atoms with E-state index in [-0.39, 0.29) is 11.1 Å². The van der Waals surface area contributed by atoms with Gasteiger partial charge < -0.3 is 4.74 Å². The molecule has 120 valence electrons. The number of benzene rings is 2. The number of esters is 1. The molecule has 2 aromatic carbocycles. The van der Waals surface area contributed by atoms with Gasteiger partial charge in [0.1, 0.15) is 5.56 Å². The highest BCUT2D eigenvalue weighted by molar-refractivity contribution is 5.90. The molecule has 0 aromatic heterocycles. The first-order valence-electron chi connectivity index (χ1n) is 6.28. The van der Waals surface area contributed by atoms with Crippen LogP contribution in [0.2, 0.25) is 0 Å². The summed E-state index contributed by atoms with van der Waals surface area (Å²) < 4.78 is 43.4. The van der Waals surface area contributed by atoms with Crippen LogP contribution in [-0.4, -0.2) is 18.0 Å². The molecule has 0 atom stereocenters. The maximum atomic E-state index is 13.0. The molecule has 5 nitrogen and oxygen atoms in total. The minimum Gasteiger partial charge on any atom is -0.465 e. The Morgan fingerprint density at radius 3 is 2.13 bits per heavy atom. The van der Waals surface area contributed by atoms with Crippen molar-refractivity contribution in [1.29, 1.82) is 0 Å². The smallest absolute Gasteiger partial charge is 0.423 e. The third-order valence-corrected chi connectivity index (χ3v) is 3.14. The van der Waals surface area contributed by atoms with E-state index in [0.29, 0.717) is 11.6 Å². The number of hydrogen-bond acceptors (Lipinski definition) is 4. The highest BCUT2D eigenvalue weighted by Gasteiger charge is 2.38. The van der Waals surface area contributed by atoms with Gasteiger partial charge >= 0.3 is 12.1 Å². The Labute approximate surface area is 128 Å². The molecule has 2 aromatic rings. The number of rotatable bonds is 3. The van der Waals surface area contributed by atoms with Crippen LogP contribution in [0.4, 0.5) is 18.9 Å². The molecule has 0 saturated heterocycles. The maximum Gasteiger partial charge on any atom is 0.423 e. The van der Waals surface area contributed by atoms with Crippen LogP contribution < -0.4 is 0 Å². The number of ether oxygens (including phenoxy) is 1. The Hall–Kier alpha value is -2.90. The summed E-state index contributed by atoms with van der Waals surface area (Å²) in [5.41, 5.74) is -1.55. The Kier molecular flexibility index (Phi) is 4.35. The number of nitro groups is 1. The topological polar surface area (TPSA) is 69.4 Å². The average molecular weight is 325 g/mol. The quantitative estimate of drug-likeness (QED) is 0.484. The number of halogens is 3. The minimum atomic E-state index is -4.84. The van der Waals surface area contributed by atoms with Gasteiger partial charge in [0.2, 0.25) is 0 Å². The number of hydrogen-bond donors (Lipinski definition) is 0. The van der Waals surface area contributed by atoms with Gasteiger partial charge in [-0.25, -0.2) is 4.79 Å². The lowest BCUT2D eigenvalue weighted by atomic mass is 10.0. The lowest BCUT2D eigenvalue weighted by Crippen LogP contribution is -2.09. The molecule has 0 aliphatic heterocycles. The zero-order valence-corrected chi connectivity index (χ0v) is 11.8. The Morgan fingerprint density at radius 2 is 1.65 bits per heavy atom. The van der Waals surface area contributed by atoms with Crippen LogP contribution in [0.1, 0.15) is 15.9 Å². The number of nitrogens with zero attached hydrogens (tertiary/aromatic N) is 1. The summed E-state index contributed by atoms with van der Waals surface area (Å²) in [7, 11) is 1.21. The molecule has 0 saturated carbocycles. The van der Waals surface area contributed by atoms with Gasteiger partial charge in [0.25, 0.3) is 5.69 Å². The fraction of sp³-hybridized carbons (Fsp3) is 0.133. The van der Waals surface area contributed by atoms with E-state index in [4.69, 9.17) is 0 Å². The van der Waals surface area contributed by atoms with E-state index in [1.54, 1.807) is 0 Å². The molecular formula is C15H10F3NO4. The highest BCUT2D eigenvalue weighted by atomic mass is 19.4. The van der Waals surface area contributed by atoms with E-state index in [0.717, 1.165) is 6.07 Å².